The minimum absolute atomic E-state index is 0.160. The Morgan fingerprint density at radius 2 is 0.637 bits per heavy atom. The SMILES string of the molecule is O=CCCn1c(=O)[nH]c(=O)n(CCC(=O)OCC(O)Cn2c(=O)n(CC(O)COC(=O)CCn3c(=O)[nH]c(=O)n(CCC(=O)OCC(O)CCl)c3=O)c(=O)n(CC(O)COC(=O)CCn3c(=O)[nH]c(=O)n(CCC(=O)OCC(O)c4ccccc4)c3=O)c2=O)c1=O. The summed E-state index contributed by atoms with van der Waals surface area (Å²) in [6.07, 6.45) is -11.9. The fourth-order valence-corrected chi connectivity index (χ4v) is 8.15. The molecule has 0 aliphatic heterocycles. The molecule has 0 spiro atoms. The summed E-state index contributed by atoms with van der Waals surface area (Å²) in [5, 5.41) is 52.5. The summed E-state index contributed by atoms with van der Waals surface area (Å²) in [6, 6.07) is 8.13. The van der Waals surface area contributed by atoms with Gasteiger partial charge in [0.05, 0.1) is 57.6 Å². The van der Waals surface area contributed by atoms with Gasteiger partial charge in [-0.25, -0.2) is 98.6 Å². The van der Waals surface area contributed by atoms with Crippen LogP contribution in [0, 0.1) is 0 Å². The van der Waals surface area contributed by atoms with E-state index in [9.17, 15) is 112 Å². The van der Waals surface area contributed by atoms with Gasteiger partial charge in [-0.3, -0.25) is 38.9 Å². The lowest BCUT2D eigenvalue weighted by Gasteiger charge is -2.19. The highest BCUT2D eigenvalue weighted by atomic mass is 35.5. The highest BCUT2D eigenvalue weighted by molar-refractivity contribution is 6.18. The van der Waals surface area contributed by atoms with Crippen LogP contribution in [0.5, 0.6) is 0 Å². The van der Waals surface area contributed by atoms with Crippen LogP contribution in [0.3, 0.4) is 0 Å². The fourth-order valence-electron chi connectivity index (χ4n) is 8.06. The van der Waals surface area contributed by atoms with Crippen LogP contribution in [0.4, 0.5) is 0 Å². The van der Waals surface area contributed by atoms with Gasteiger partial charge in [0.25, 0.3) is 0 Å². The van der Waals surface area contributed by atoms with Gasteiger partial charge in [-0.2, -0.15) is 0 Å². The average molecular weight is 1310 g/mol. The molecule has 0 bridgehead atoms. The molecule has 41 heteroatoms. The Bertz CT molecular complexity index is 4200. The average Bonchev–Trinajstić information content (AvgIpc) is 0.867. The molecule has 40 nitrogen and oxygen atoms in total. The van der Waals surface area contributed by atoms with E-state index < -0.39 is 253 Å². The summed E-state index contributed by atoms with van der Waals surface area (Å²) in [5.41, 5.74) is -15.5. The van der Waals surface area contributed by atoms with Crippen LogP contribution in [0.15, 0.2) is 87.9 Å². The number of alkyl halides is 1. The van der Waals surface area contributed by atoms with Crippen molar-refractivity contribution in [2.75, 3.05) is 38.9 Å². The van der Waals surface area contributed by atoms with Crippen molar-refractivity contribution in [1.82, 2.24) is 56.1 Å². The van der Waals surface area contributed by atoms with Crippen LogP contribution in [-0.2, 0) is 111 Å². The second kappa shape index (κ2) is 34.1. The minimum atomic E-state index is -2.03. The molecule has 4 aromatic heterocycles. The van der Waals surface area contributed by atoms with Crippen molar-refractivity contribution in [3.8, 4) is 0 Å². The maximum Gasteiger partial charge on any atom is 0.336 e. The van der Waals surface area contributed by atoms with E-state index in [0.29, 0.717) is 39.3 Å². The van der Waals surface area contributed by atoms with Gasteiger partial charge in [0, 0.05) is 45.7 Å². The summed E-state index contributed by atoms with van der Waals surface area (Å²) in [7, 11) is 0. The predicted octanol–water partition coefficient (Wildman–Crippen LogP) is -10.0. The van der Waals surface area contributed by atoms with Gasteiger partial charge < -0.3 is 54.0 Å². The lowest BCUT2D eigenvalue weighted by molar-refractivity contribution is -0.148. The largest absolute Gasteiger partial charge is 0.463 e. The van der Waals surface area contributed by atoms with E-state index in [0.717, 1.165) is 0 Å². The van der Waals surface area contributed by atoms with E-state index >= 15 is 0 Å². The van der Waals surface area contributed by atoms with Crippen LogP contribution in [-0.4, -0.2) is 181 Å². The van der Waals surface area contributed by atoms with Crippen molar-refractivity contribution in [3.63, 3.8) is 0 Å². The number of aldehydes is 1. The Morgan fingerprint density at radius 3 is 0.912 bits per heavy atom. The number of carbonyl (C=O) groups is 6. The summed E-state index contributed by atoms with van der Waals surface area (Å²) in [6.45, 7) is -11.4. The van der Waals surface area contributed by atoms with Gasteiger partial charge in [-0.1, -0.05) is 30.3 Å². The number of rotatable bonds is 36. The number of nitrogens with zero attached hydrogens (tertiary/aromatic N) is 9. The van der Waals surface area contributed by atoms with E-state index in [-0.39, 0.29) is 26.0 Å². The number of nitrogens with one attached hydrogen (secondary N) is 3. The molecule has 5 rings (SSSR count). The number of hydrogen-bond acceptors (Lipinski definition) is 28. The van der Waals surface area contributed by atoms with Crippen LogP contribution < -0.4 is 68.3 Å². The normalized spacial score (nSPS) is 12.9. The third-order valence-corrected chi connectivity index (χ3v) is 13.1. The lowest BCUT2D eigenvalue weighted by atomic mass is 10.1. The van der Waals surface area contributed by atoms with Crippen LogP contribution in [0.25, 0.3) is 0 Å². The highest BCUT2D eigenvalue weighted by Gasteiger charge is 2.25. The van der Waals surface area contributed by atoms with Gasteiger partial charge in [0.1, 0.15) is 69.8 Å². The Hall–Kier alpha value is -10.0. The molecule has 5 unspecified atom stereocenters. The van der Waals surface area contributed by atoms with Gasteiger partial charge in [-0.15, -0.1) is 11.6 Å². The molecule has 8 N–H and O–H groups in total. The molecular formula is C50H61ClN12O28. The highest BCUT2D eigenvalue weighted by Crippen LogP contribution is 2.12. The third-order valence-electron chi connectivity index (χ3n) is 12.7. The number of ether oxygens (including phenoxy) is 5. The second-order valence-corrected chi connectivity index (χ2v) is 19.8. The topological polar surface area (TPSA) is 546 Å². The maximum atomic E-state index is 13.8. The lowest BCUT2D eigenvalue weighted by Crippen LogP contribution is -2.57. The first-order valence-corrected chi connectivity index (χ1v) is 27.7. The summed E-state index contributed by atoms with van der Waals surface area (Å²) in [4.78, 5) is 234. The van der Waals surface area contributed by atoms with E-state index in [2.05, 4.69) is 0 Å². The monoisotopic (exact) mass is 1310 g/mol. The number of aromatic amines is 3. The molecule has 5 aromatic rings. The number of aliphatic hydroxyl groups is 5. The van der Waals surface area contributed by atoms with Crippen molar-refractivity contribution in [2.24, 2.45) is 0 Å². The van der Waals surface area contributed by atoms with Crippen molar-refractivity contribution in [3.05, 3.63) is 162 Å². The van der Waals surface area contributed by atoms with Crippen LogP contribution >= 0.6 is 11.6 Å². The fraction of sp³-hybridized carbons (Fsp3) is 0.520. The first-order chi connectivity index (χ1) is 43.1. The number of benzene rings is 1. The first kappa shape index (κ1) is 71.7. The Morgan fingerprint density at radius 1 is 0.385 bits per heavy atom. The first-order valence-electron chi connectivity index (χ1n) is 27.1. The molecule has 1 aromatic carbocycles. The van der Waals surface area contributed by atoms with E-state index in [1.54, 1.807) is 30.3 Å². The number of halogens is 1. The molecule has 0 amide bonds. The third kappa shape index (κ3) is 20.5. The Labute approximate surface area is 509 Å². The van der Waals surface area contributed by atoms with Gasteiger partial charge >= 0.3 is 98.1 Å². The van der Waals surface area contributed by atoms with Crippen LogP contribution in [0.1, 0.15) is 50.2 Å². The van der Waals surface area contributed by atoms with Crippen molar-refractivity contribution < 1.29 is 78.0 Å². The Kier molecular flexibility index (Phi) is 26.9. The Balaban J connectivity index is 1.27. The molecule has 0 aliphatic carbocycles. The summed E-state index contributed by atoms with van der Waals surface area (Å²) in [5.74, 6) is -5.83. The number of H-pyrrole nitrogens is 3. The summed E-state index contributed by atoms with van der Waals surface area (Å²) >= 11 is 5.45. The van der Waals surface area contributed by atoms with E-state index in [1.807, 2.05) is 15.0 Å². The van der Waals surface area contributed by atoms with Gasteiger partial charge in [0.15, 0.2) is 0 Å². The van der Waals surface area contributed by atoms with Crippen molar-refractivity contribution in [2.45, 2.75) is 128 Å². The van der Waals surface area contributed by atoms with E-state index in [4.69, 9.17) is 35.3 Å². The van der Waals surface area contributed by atoms with Crippen molar-refractivity contribution in [1.29, 1.82) is 0 Å². The number of hydrogen-bond donors (Lipinski definition) is 8. The standard InChI is InChI=1S/C50H61ClN12O28/c51-19-29(65)23-87-34(70)7-14-57-41(77)53-42(78)58(46(57)82)15-9-36(72)89-25-31(67)21-62-48(84)61(20-30(66)24-88-35(71)8-13-56-40(76)52-39(75)55(45(56)81)12-4-18-64)49(85)63(50(62)86)22-32(68)26-90-37(73)10-16-59-43(79)54-44(80)60(47(59)83)17-11-38(74)91-27-33(69)28-5-2-1-3-6-28/h1-3,5-6,18,29-33,65-69H,4,7-17,19-27H2,(H,52,75,76)(H,53,77,78)(H,54,79,80). The molecular weight excluding hydrogens is 1250 g/mol. The second-order valence-electron chi connectivity index (χ2n) is 19.5. The molecule has 0 saturated carbocycles. The maximum absolute atomic E-state index is 13.8. The van der Waals surface area contributed by atoms with Crippen LogP contribution in [0.2, 0.25) is 0 Å². The summed E-state index contributed by atoms with van der Waals surface area (Å²) < 4.78 is 27.9. The molecule has 496 valence electrons. The molecule has 0 saturated heterocycles. The van der Waals surface area contributed by atoms with Gasteiger partial charge in [0.2, 0.25) is 0 Å². The van der Waals surface area contributed by atoms with E-state index in [1.165, 1.54) is 0 Å². The predicted molar refractivity (Wildman–Crippen MR) is 301 cm³/mol. The molecule has 0 aliphatic rings. The van der Waals surface area contributed by atoms with Crippen molar-refractivity contribution >= 4 is 47.7 Å². The zero-order chi connectivity index (χ0) is 67.2. The molecule has 0 fully saturated rings. The zero-order valence-corrected chi connectivity index (χ0v) is 48.5. The molecule has 4 heterocycles. The quantitative estimate of drug-likeness (QED) is 0.00799. The smallest absolute Gasteiger partial charge is 0.336 e. The number of esters is 5. The number of aliphatic hydroxyl groups excluding tert-OH is 5. The van der Waals surface area contributed by atoms with Gasteiger partial charge in [-0.05, 0) is 5.56 Å². The zero-order valence-electron chi connectivity index (χ0n) is 47.7. The number of aromatic nitrogens is 12. The minimum Gasteiger partial charge on any atom is -0.463 e. The molecule has 91 heavy (non-hydrogen) atoms. The molecule has 0 radical (unpaired) electrons. The molecule has 5 atom stereocenters. The number of carbonyl (C=O) groups excluding carboxylic acids is 6.